The van der Waals surface area contributed by atoms with Gasteiger partial charge in [-0.2, -0.15) is 4.31 Å². The summed E-state index contributed by atoms with van der Waals surface area (Å²) < 4.78 is 30.6. The van der Waals surface area contributed by atoms with E-state index in [0.717, 1.165) is 5.56 Å². The van der Waals surface area contributed by atoms with E-state index in [0.29, 0.717) is 19.4 Å². The molecule has 0 N–H and O–H groups in total. The fraction of sp³-hybridized carbons (Fsp3) is 0.462. The third kappa shape index (κ3) is 3.13. The van der Waals surface area contributed by atoms with E-state index >= 15 is 0 Å². The van der Waals surface area contributed by atoms with Crippen molar-refractivity contribution in [1.29, 1.82) is 0 Å². The van der Waals surface area contributed by atoms with Crippen molar-refractivity contribution in [3.05, 3.63) is 35.9 Å². The minimum Gasteiger partial charge on any atom is -0.468 e. The van der Waals surface area contributed by atoms with Crippen molar-refractivity contribution < 1.29 is 17.9 Å². The average molecular weight is 283 g/mol. The molecule has 0 bridgehead atoms. The van der Waals surface area contributed by atoms with Crippen LogP contribution in [0.15, 0.2) is 30.3 Å². The molecule has 1 aromatic rings. The topological polar surface area (TPSA) is 63.7 Å². The predicted molar refractivity (Wildman–Crippen MR) is 70.8 cm³/mol. The number of hydrogen-bond acceptors (Lipinski definition) is 4. The molecule has 1 saturated heterocycles. The summed E-state index contributed by atoms with van der Waals surface area (Å²) in [6, 6.07) is 8.29. The highest BCUT2D eigenvalue weighted by Gasteiger charge is 2.39. The Labute approximate surface area is 113 Å². The van der Waals surface area contributed by atoms with Gasteiger partial charge in [0.05, 0.1) is 12.9 Å². The SMILES string of the molecule is COC(=O)C1CCCN1S(=O)(=O)Cc1ccccc1. The van der Waals surface area contributed by atoms with Gasteiger partial charge < -0.3 is 4.74 Å². The Hall–Kier alpha value is -1.40. The van der Waals surface area contributed by atoms with Crippen molar-refractivity contribution in [3.8, 4) is 0 Å². The summed E-state index contributed by atoms with van der Waals surface area (Å²) in [5, 5.41) is 0. The molecule has 5 nitrogen and oxygen atoms in total. The zero-order chi connectivity index (χ0) is 13.9. The van der Waals surface area contributed by atoms with Gasteiger partial charge in [0.2, 0.25) is 10.0 Å². The van der Waals surface area contributed by atoms with Crippen LogP contribution in [0.25, 0.3) is 0 Å². The highest BCUT2D eigenvalue weighted by molar-refractivity contribution is 7.88. The summed E-state index contributed by atoms with van der Waals surface area (Å²) >= 11 is 0. The lowest BCUT2D eigenvalue weighted by Gasteiger charge is -2.22. The molecule has 6 heteroatoms. The Kier molecular flexibility index (Phi) is 4.21. The number of benzene rings is 1. The maximum absolute atomic E-state index is 12.4. The number of esters is 1. The van der Waals surface area contributed by atoms with E-state index in [1.807, 2.05) is 6.07 Å². The first-order valence-corrected chi connectivity index (χ1v) is 7.77. The lowest BCUT2D eigenvalue weighted by molar-refractivity contribution is -0.144. The van der Waals surface area contributed by atoms with Gasteiger partial charge in [-0.15, -0.1) is 0 Å². The first-order chi connectivity index (χ1) is 9.04. The lowest BCUT2D eigenvalue weighted by atomic mass is 10.2. The van der Waals surface area contributed by atoms with Crippen molar-refractivity contribution in [2.75, 3.05) is 13.7 Å². The standard InChI is InChI=1S/C13H17NO4S/c1-18-13(15)12-8-5-9-14(12)19(16,17)10-11-6-3-2-4-7-11/h2-4,6-7,12H,5,8-10H2,1H3. The number of carbonyl (C=O) groups is 1. The molecule has 0 aromatic heterocycles. The van der Waals surface area contributed by atoms with E-state index < -0.39 is 22.0 Å². The number of methoxy groups -OCH3 is 1. The minimum atomic E-state index is -3.48. The van der Waals surface area contributed by atoms with Crippen LogP contribution in [-0.4, -0.2) is 38.4 Å². The van der Waals surface area contributed by atoms with Crippen LogP contribution in [0, 0.1) is 0 Å². The fourth-order valence-electron chi connectivity index (χ4n) is 2.31. The monoisotopic (exact) mass is 283 g/mol. The second-order valence-electron chi connectivity index (χ2n) is 4.53. The maximum atomic E-state index is 12.4. The van der Waals surface area contributed by atoms with Crippen LogP contribution in [0.2, 0.25) is 0 Å². The molecule has 0 saturated carbocycles. The van der Waals surface area contributed by atoms with Gasteiger partial charge in [-0.25, -0.2) is 8.42 Å². The Morgan fingerprint density at radius 1 is 1.37 bits per heavy atom. The average Bonchev–Trinajstić information content (AvgIpc) is 2.88. The number of hydrogen-bond donors (Lipinski definition) is 0. The second-order valence-corrected chi connectivity index (χ2v) is 6.46. The highest BCUT2D eigenvalue weighted by Crippen LogP contribution is 2.24. The number of rotatable bonds is 4. The first kappa shape index (κ1) is 14.0. The molecule has 0 aliphatic carbocycles. The maximum Gasteiger partial charge on any atom is 0.324 e. The van der Waals surface area contributed by atoms with Gasteiger partial charge in [0.1, 0.15) is 6.04 Å². The van der Waals surface area contributed by atoms with Crippen LogP contribution in [-0.2, 0) is 25.3 Å². The predicted octanol–water partition coefficient (Wildman–Crippen LogP) is 1.15. The third-order valence-electron chi connectivity index (χ3n) is 3.23. The number of carbonyl (C=O) groups excluding carboxylic acids is 1. The van der Waals surface area contributed by atoms with Gasteiger partial charge >= 0.3 is 5.97 Å². The third-order valence-corrected chi connectivity index (χ3v) is 5.08. The highest BCUT2D eigenvalue weighted by atomic mass is 32.2. The van der Waals surface area contributed by atoms with Gasteiger partial charge in [-0.05, 0) is 18.4 Å². The molecule has 0 radical (unpaired) electrons. The normalized spacial score (nSPS) is 20.4. The molecule has 2 rings (SSSR count). The van der Waals surface area contributed by atoms with Gasteiger partial charge in [-0.1, -0.05) is 30.3 Å². The molecule has 0 spiro atoms. The Bertz CT molecular complexity index is 541. The number of ether oxygens (including phenoxy) is 1. The van der Waals surface area contributed by atoms with Gasteiger partial charge in [0.25, 0.3) is 0 Å². The summed E-state index contributed by atoms with van der Waals surface area (Å²) in [6.45, 7) is 0.384. The lowest BCUT2D eigenvalue weighted by Crippen LogP contribution is -2.41. The van der Waals surface area contributed by atoms with Crippen molar-refractivity contribution in [2.24, 2.45) is 0 Å². The Balaban J connectivity index is 2.17. The molecule has 1 atom stereocenters. The molecule has 1 aliphatic heterocycles. The summed E-state index contributed by atoms with van der Waals surface area (Å²) in [6.07, 6.45) is 1.22. The van der Waals surface area contributed by atoms with Crippen LogP contribution in [0.3, 0.4) is 0 Å². The fourth-order valence-corrected chi connectivity index (χ4v) is 4.08. The molecular formula is C13H17NO4S. The van der Waals surface area contributed by atoms with Crippen LogP contribution in [0.1, 0.15) is 18.4 Å². The molecule has 19 heavy (non-hydrogen) atoms. The van der Waals surface area contributed by atoms with Gasteiger partial charge in [0.15, 0.2) is 0 Å². The van der Waals surface area contributed by atoms with Gasteiger partial charge in [-0.3, -0.25) is 4.79 Å². The largest absolute Gasteiger partial charge is 0.468 e. The van der Waals surface area contributed by atoms with E-state index in [4.69, 9.17) is 0 Å². The van der Waals surface area contributed by atoms with E-state index in [9.17, 15) is 13.2 Å². The molecule has 1 unspecified atom stereocenters. The summed E-state index contributed by atoms with van der Waals surface area (Å²) in [5.74, 6) is -0.560. The van der Waals surface area contributed by atoms with Crippen LogP contribution < -0.4 is 0 Å². The van der Waals surface area contributed by atoms with Crippen molar-refractivity contribution >= 4 is 16.0 Å². The van der Waals surface area contributed by atoms with E-state index in [-0.39, 0.29) is 5.75 Å². The summed E-state index contributed by atoms with van der Waals surface area (Å²) in [5.41, 5.74) is 0.720. The van der Waals surface area contributed by atoms with Crippen molar-refractivity contribution in [2.45, 2.75) is 24.6 Å². The van der Waals surface area contributed by atoms with Crippen molar-refractivity contribution in [1.82, 2.24) is 4.31 Å². The number of nitrogens with zero attached hydrogens (tertiary/aromatic N) is 1. The first-order valence-electron chi connectivity index (χ1n) is 6.16. The molecule has 1 heterocycles. The summed E-state index contributed by atoms with van der Waals surface area (Å²) in [4.78, 5) is 11.6. The molecule has 1 aromatic carbocycles. The molecule has 1 fully saturated rings. The van der Waals surface area contributed by atoms with Crippen LogP contribution >= 0.6 is 0 Å². The molecule has 104 valence electrons. The smallest absolute Gasteiger partial charge is 0.324 e. The molecule has 1 aliphatic rings. The second kappa shape index (κ2) is 5.71. The zero-order valence-electron chi connectivity index (χ0n) is 10.8. The van der Waals surface area contributed by atoms with Crippen LogP contribution in [0.5, 0.6) is 0 Å². The molecule has 0 amide bonds. The van der Waals surface area contributed by atoms with Crippen LogP contribution in [0.4, 0.5) is 0 Å². The molecular weight excluding hydrogens is 266 g/mol. The zero-order valence-corrected chi connectivity index (χ0v) is 11.6. The summed E-state index contributed by atoms with van der Waals surface area (Å²) in [7, 11) is -2.20. The van der Waals surface area contributed by atoms with E-state index in [2.05, 4.69) is 4.74 Å². The van der Waals surface area contributed by atoms with E-state index in [1.165, 1.54) is 11.4 Å². The Morgan fingerprint density at radius 2 is 2.05 bits per heavy atom. The Morgan fingerprint density at radius 3 is 2.68 bits per heavy atom. The minimum absolute atomic E-state index is 0.0820. The van der Waals surface area contributed by atoms with Crippen molar-refractivity contribution in [3.63, 3.8) is 0 Å². The van der Waals surface area contributed by atoms with E-state index in [1.54, 1.807) is 24.3 Å². The van der Waals surface area contributed by atoms with Gasteiger partial charge in [0, 0.05) is 6.54 Å². The quantitative estimate of drug-likeness (QED) is 0.778. The number of sulfonamides is 1.